The molecule has 3 aliphatic rings. The second kappa shape index (κ2) is 14.5. The van der Waals surface area contributed by atoms with Crippen molar-refractivity contribution in [2.24, 2.45) is 0 Å². The van der Waals surface area contributed by atoms with E-state index in [2.05, 4.69) is 209 Å². The van der Waals surface area contributed by atoms with Crippen LogP contribution >= 0.6 is 0 Å². The van der Waals surface area contributed by atoms with E-state index in [1.54, 1.807) is 0 Å². The lowest BCUT2D eigenvalue weighted by atomic mass is 9.33. The van der Waals surface area contributed by atoms with Gasteiger partial charge in [-0.05, 0) is 125 Å². The lowest BCUT2D eigenvalue weighted by molar-refractivity contribution is 0.444. The fourth-order valence-corrected chi connectivity index (χ4v) is 10.5. The Balaban J connectivity index is 1.25. The van der Waals surface area contributed by atoms with Gasteiger partial charge in [-0.3, -0.25) is 0 Å². The van der Waals surface area contributed by atoms with Crippen LogP contribution in [0.5, 0.6) is 0 Å². The van der Waals surface area contributed by atoms with Crippen molar-refractivity contribution in [3.8, 4) is 0 Å². The van der Waals surface area contributed by atoms with E-state index in [9.17, 15) is 0 Å². The van der Waals surface area contributed by atoms with E-state index in [-0.39, 0.29) is 17.5 Å². The van der Waals surface area contributed by atoms with Gasteiger partial charge in [0.15, 0.2) is 0 Å². The van der Waals surface area contributed by atoms with Crippen molar-refractivity contribution in [2.45, 2.75) is 90.4 Å². The molecule has 0 atom stereocenters. The minimum Gasteiger partial charge on any atom is -0.311 e. The molecule has 1 aliphatic carbocycles. The Kier molecular flexibility index (Phi) is 9.20. The monoisotopic (exact) mass is 766 g/mol. The van der Waals surface area contributed by atoms with Gasteiger partial charge in [-0.15, -0.1) is 0 Å². The van der Waals surface area contributed by atoms with Gasteiger partial charge in [-0.2, -0.15) is 0 Å². The SMILES string of the molecule is Cc1ccc(N2c3ccc(C)cc3B3c4cc(C(C)(C)c5ccccc5)ccc4N(c4ccc(C(C)(C)c5ccccc5)cc4)c4cc(C5CCCCC5)cc2c43)cc1. The molecule has 0 amide bonds. The van der Waals surface area contributed by atoms with Gasteiger partial charge in [0, 0.05) is 45.0 Å². The summed E-state index contributed by atoms with van der Waals surface area (Å²) in [7, 11) is 0. The molecule has 0 unspecified atom stereocenters. The number of aryl methyl sites for hydroxylation is 2. The Morgan fingerprint density at radius 3 is 1.47 bits per heavy atom. The third-order valence-electron chi connectivity index (χ3n) is 14.2. The maximum atomic E-state index is 2.61. The van der Waals surface area contributed by atoms with Crippen LogP contribution in [0.15, 0.2) is 158 Å². The number of hydrogen-bond donors (Lipinski definition) is 0. The van der Waals surface area contributed by atoms with Crippen LogP contribution in [0, 0.1) is 13.8 Å². The highest BCUT2D eigenvalue weighted by Gasteiger charge is 2.44. The minimum absolute atomic E-state index is 0.0751. The largest absolute Gasteiger partial charge is 0.311 e. The van der Waals surface area contributed by atoms with Crippen molar-refractivity contribution in [1.82, 2.24) is 0 Å². The standard InChI is InChI=1S/C56H55BN2/c1-38-22-28-46(29-23-38)58-50-32-24-39(2)34-48(50)57-49-37-45(56(5,6)43-20-14-9-15-21-43)27-33-51(49)59(53-36-41(35-52(58)54(53)57)40-16-10-7-11-17-40)47-30-25-44(26-31-47)55(3,4)42-18-12-8-13-19-42/h8-9,12-15,18-37,40H,7,10-11,16-17H2,1-6H3. The van der Waals surface area contributed by atoms with E-state index in [1.165, 1.54) is 122 Å². The molecular formula is C56H55BN2. The number of anilines is 6. The van der Waals surface area contributed by atoms with Gasteiger partial charge in [0.05, 0.1) is 0 Å². The summed E-state index contributed by atoms with van der Waals surface area (Å²) in [6.45, 7) is 14.0. The number of nitrogens with zero attached hydrogens (tertiary/aromatic N) is 2. The van der Waals surface area contributed by atoms with Gasteiger partial charge < -0.3 is 9.80 Å². The highest BCUT2D eigenvalue weighted by Crippen LogP contribution is 2.48. The molecule has 0 N–H and O–H groups in total. The summed E-state index contributed by atoms with van der Waals surface area (Å²) >= 11 is 0. The van der Waals surface area contributed by atoms with E-state index < -0.39 is 0 Å². The van der Waals surface area contributed by atoms with E-state index in [0.29, 0.717) is 5.92 Å². The Labute approximate surface area is 352 Å². The third-order valence-corrected chi connectivity index (χ3v) is 14.2. The van der Waals surface area contributed by atoms with Gasteiger partial charge in [-0.25, -0.2) is 0 Å². The highest BCUT2D eigenvalue weighted by molar-refractivity contribution is 7.00. The summed E-state index contributed by atoms with van der Waals surface area (Å²) in [4.78, 5) is 5.20. The van der Waals surface area contributed by atoms with Gasteiger partial charge >= 0.3 is 0 Å². The number of benzene rings is 7. The van der Waals surface area contributed by atoms with Crippen LogP contribution in [0.1, 0.15) is 105 Å². The van der Waals surface area contributed by atoms with Crippen LogP contribution in [0.4, 0.5) is 34.1 Å². The zero-order valence-electron chi connectivity index (χ0n) is 35.6. The first kappa shape index (κ1) is 37.5. The predicted octanol–water partition coefficient (Wildman–Crippen LogP) is 13.1. The maximum absolute atomic E-state index is 2.61. The Morgan fingerprint density at radius 2 is 0.898 bits per heavy atom. The molecule has 3 heteroatoms. The van der Waals surface area contributed by atoms with E-state index in [4.69, 9.17) is 0 Å². The van der Waals surface area contributed by atoms with Crippen LogP contribution < -0.4 is 26.2 Å². The molecule has 292 valence electrons. The Hall–Kier alpha value is -5.80. The zero-order chi connectivity index (χ0) is 40.5. The normalized spacial score (nSPS) is 15.1. The van der Waals surface area contributed by atoms with Crippen molar-refractivity contribution >= 4 is 57.2 Å². The van der Waals surface area contributed by atoms with Gasteiger partial charge in [0.2, 0.25) is 0 Å². The molecule has 0 radical (unpaired) electrons. The third kappa shape index (κ3) is 6.33. The predicted molar refractivity (Wildman–Crippen MR) is 253 cm³/mol. The lowest BCUT2D eigenvalue weighted by Crippen LogP contribution is -2.61. The van der Waals surface area contributed by atoms with Crippen LogP contribution in [0.3, 0.4) is 0 Å². The van der Waals surface area contributed by atoms with Crippen molar-refractivity contribution < 1.29 is 0 Å². The smallest absolute Gasteiger partial charge is 0.252 e. The number of rotatable bonds is 7. The molecule has 2 nitrogen and oxygen atoms in total. The first-order chi connectivity index (χ1) is 28.6. The van der Waals surface area contributed by atoms with Gasteiger partial charge in [-0.1, -0.05) is 167 Å². The molecule has 59 heavy (non-hydrogen) atoms. The summed E-state index contributed by atoms with van der Waals surface area (Å²) in [6.07, 6.45) is 6.44. The number of hydrogen-bond acceptors (Lipinski definition) is 2. The molecule has 2 heterocycles. The minimum atomic E-state index is -0.183. The van der Waals surface area contributed by atoms with Gasteiger partial charge in [0.25, 0.3) is 6.71 Å². The maximum Gasteiger partial charge on any atom is 0.252 e. The van der Waals surface area contributed by atoms with Crippen LogP contribution in [-0.4, -0.2) is 6.71 Å². The Bertz CT molecular complexity index is 2650. The summed E-state index contributed by atoms with van der Waals surface area (Å²) in [5, 5.41) is 0. The van der Waals surface area contributed by atoms with E-state index in [1.807, 2.05) is 0 Å². The average Bonchev–Trinajstić information content (AvgIpc) is 3.27. The summed E-state index contributed by atoms with van der Waals surface area (Å²) in [5.74, 6) is 0.550. The second-order valence-electron chi connectivity index (χ2n) is 18.6. The quantitative estimate of drug-likeness (QED) is 0.149. The molecular weight excluding hydrogens is 711 g/mol. The van der Waals surface area contributed by atoms with Crippen LogP contribution in [0.2, 0.25) is 0 Å². The van der Waals surface area contributed by atoms with Gasteiger partial charge in [0.1, 0.15) is 0 Å². The van der Waals surface area contributed by atoms with Crippen molar-refractivity contribution in [2.75, 3.05) is 9.80 Å². The summed E-state index contributed by atoms with van der Waals surface area (Å²) < 4.78 is 0. The molecule has 2 aliphatic heterocycles. The zero-order valence-corrected chi connectivity index (χ0v) is 35.6. The molecule has 7 aromatic carbocycles. The first-order valence-electron chi connectivity index (χ1n) is 21.9. The number of fused-ring (bicyclic) bond motifs is 4. The molecule has 1 saturated carbocycles. The second-order valence-corrected chi connectivity index (χ2v) is 18.6. The first-order valence-corrected chi connectivity index (χ1v) is 21.9. The molecule has 10 rings (SSSR count). The highest BCUT2D eigenvalue weighted by atomic mass is 15.2. The summed E-state index contributed by atoms with van der Waals surface area (Å²) in [6, 6.07) is 60.4. The lowest BCUT2D eigenvalue weighted by Gasteiger charge is -2.45. The van der Waals surface area contributed by atoms with Crippen molar-refractivity contribution in [3.63, 3.8) is 0 Å². The van der Waals surface area contributed by atoms with E-state index >= 15 is 0 Å². The molecule has 0 bridgehead atoms. The van der Waals surface area contributed by atoms with Crippen LogP contribution in [0.25, 0.3) is 0 Å². The van der Waals surface area contributed by atoms with Crippen molar-refractivity contribution in [3.05, 3.63) is 197 Å². The fourth-order valence-electron chi connectivity index (χ4n) is 10.5. The summed E-state index contributed by atoms with van der Waals surface area (Å²) in [5.41, 5.74) is 20.8. The molecule has 0 spiro atoms. The fraction of sp³-hybridized carbons (Fsp3) is 0.250. The van der Waals surface area contributed by atoms with Crippen molar-refractivity contribution in [1.29, 1.82) is 0 Å². The van der Waals surface area contributed by atoms with E-state index in [0.717, 1.165) is 0 Å². The van der Waals surface area contributed by atoms with Crippen LogP contribution in [-0.2, 0) is 10.8 Å². The topological polar surface area (TPSA) is 6.48 Å². The molecule has 1 fully saturated rings. The molecule has 7 aromatic rings. The Morgan fingerprint density at radius 1 is 0.441 bits per heavy atom. The molecule has 0 saturated heterocycles. The molecule has 0 aromatic heterocycles. The average molecular weight is 767 g/mol.